The minimum absolute atomic E-state index is 0.0439. The highest BCUT2D eigenvalue weighted by Gasteiger charge is 2.11. The van der Waals surface area contributed by atoms with E-state index in [0.717, 1.165) is 16.2 Å². The van der Waals surface area contributed by atoms with E-state index in [2.05, 4.69) is 9.97 Å². The number of hydrogen-bond acceptors (Lipinski definition) is 6. The van der Waals surface area contributed by atoms with Crippen molar-refractivity contribution in [2.24, 2.45) is 0 Å². The first kappa shape index (κ1) is 11.2. The summed E-state index contributed by atoms with van der Waals surface area (Å²) in [7, 11) is 0. The Labute approximate surface area is 96.3 Å². The van der Waals surface area contributed by atoms with Crippen LogP contribution in [-0.4, -0.2) is 46.5 Å². The quantitative estimate of drug-likeness (QED) is 0.591. The number of H-pyrrole nitrogens is 1. The van der Waals surface area contributed by atoms with Crippen molar-refractivity contribution >= 4 is 32.6 Å². The lowest BCUT2D eigenvalue weighted by Gasteiger charge is -2.20. The van der Waals surface area contributed by atoms with Gasteiger partial charge in [0.2, 0.25) is 0 Å². The first-order valence-corrected chi connectivity index (χ1v) is 5.78. The lowest BCUT2D eigenvalue weighted by molar-refractivity contribution is 0.281. The minimum atomic E-state index is 0.0439. The smallest absolute Gasteiger partial charge is 0.182 e. The molecule has 16 heavy (non-hydrogen) atoms. The molecule has 0 atom stereocenters. The van der Waals surface area contributed by atoms with Gasteiger partial charge in [-0.25, -0.2) is 4.98 Å². The van der Waals surface area contributed by atoms with E-state index in [-0.39, 0.29) is 13.2 Å². The predicted octanol–water partition coefficient (Wildman–Crippen LogP) is -0.00240. The molecule has 2 aromatic heterocycles. The number of anilines is 2. The summed E-state index contributed by atoms with van der Waals surface area (Å²) in [6.45, 7) is 1.04. The van der Waals surface area contributed by atoms with Crippen molar-refractivity contribution in [1.82, 2.24) is 9.97 Å². The molecular formula is C9H14N4O2S. The highest BCUT2D eigenvalue weighted by molar-refractivity contribution is 7.22. The van der Waals surface area contributed by atoms with Crippen molar-refractivity contribution in [3.63, 3.8) is 0 Å². The molecule has 2 heterocycles. The molecule has 0 fully saturated rings. The van der Waals surface area contributed by atoms with Gasteiger partial charge in [-0.15, -0.1) is 0 Å². The molecule has 6 nitrogen and oxygen atoms in total. The highest BCUT2D eigenvalue weighted by Crippen LogP contribution is 2.27. The number of nitrogen functional groups attached to an aromatic ring is 1. The second-order valence-corrected chi connectivity index (χ2v) is 4.42. The molecule has 5 N–H and O–H groups in total. The lowest BCUT2D eigenvalue weighted by Crippen LogP contribution is -2.29. The molecule has 0 unspecified atom stereocenters. The van der Waals surface area contributed by atoms with Crippen molar-refractivity contribution in [3.8, 4) is 0 Å². The zero-order valence-corrected chi connectivity index (χ0v) is 9.50. The predicted molar refractivity (Wildman–Crippen MR) is 64.8 cm³/mol. The van der Waals surface area contributed by atoms with Gasteiger partial charge >= 0.3 is 0 Å². The number of aliphatic hydroxyl groups excluding tert-OH is 2. The number of nitrogens with one attached hydrogen (secondary N) is 1. The van der Waals surface area contributed by atoms with Crippen LogP contribution in [0.4, 0.5) is 10.9 Å². The molecule has 0 aliphatic rings. The molecule has 0 saturated heterocycles. The van der Waals surface area contributed by atoms with Crippen LogP contribution in [0.3, 0.4) is 0 Å². The van der Waals surface area contributed by atoms with Gasteiger partial charge in [0.25, 0.3) is 0 Å². The molecule has 0 radical (unpaired) electrons. The average molecular weight is 242 g/mol. The minimum Gasteiger partial charge on any atom is -0.395 e. The Morgan fingerprint density at radius 1 is 1.38 bits per heavy atom. The van der Waals surface area contributed by atoms with Crippen molar-refractivity contribution in [2.45, 2.75) is 0 Å². The number of nitrogens with zero attached hydrogens (tertiary/aromatic N) is 2. The van der Waals surface area contributed by atoms with Gasteiger partial charge in [0.15, 0.2) is 10.8 Å². The van der Waals surface area contributed by atoms with Crippen molar-refractivity contribution in [1.29, 1.82) is 0 Å². The Balaban J connectivity index is 2.25. The third-order valence-corrected chi connectivity index (χ3v) is 3.10. The third kappa shape index (κ3) is 2.11. The van der Waals surface area contributed by atoms with Crippen LogP contribution >= 0.6 is 11.3 Å². The van der Waals surface area contributed by atoms with E-state index in [1.165, 1.54) is 11.3 Å². The fourth-order valence-corrected chi connectivity index (χ4v) is 2.31. The molecule has 2 aromatic rings. The third-order valence-electron chi connectivity index (χ3n) is 2.26. The van der Waals surface area contributed by atoms with E-state index in [0.29, 0.717) is 18.2 Å². The Hall–Kier alpha value is -1.31. The Bertz CT molecular complexity index is 429. The van der Waals surface area contributed by atoms with E-state index in [9.17, 15) is 0 Å². The van der Waals surface area contributed by atoms with Gasteiger partial charge in [0.05, 0.1) is 17.9 Å². The first-order valence-electron chi connectivity index (χ1n) is 4.96. The SMILES string of the molecule is Nc1nc2[nH]c(N(CCO)CCO)cc2s1. The molecule has 0 aliphatic heterocycles. The van der Waals surface area contributed by atoms with E-state index >= 15 is 0 Å². The number of aromatic nitrogens is 2. The molecule has 0 spiro atoms. The van der Waals surface area contributed by atoms with E-state index in [1.54, 1.807) is 0 Å². The van der Waals surface area contributed by atoms with Crippen LogP contribution in [0.15, 0.2) is 6.07 Å². The topological polar surface area (TPSA) is 98.4 Å². The molecule has 7 heteroatoms. The summed E-state index contributed by atoms with van der Waals surface area (Å²) in [6.07, 6.45) is 0. The molecule has 0 aromatic carbocycles. The van der Waals surface area contributed by atoms with Crippen LogP contribution in [0.25, 0.3) is 10.3 Å². The summed E-state index contributed by atoms with van der Waals surface area (Å²) in [5.74, 6) is 0.844. The zero-order valence-electron chi connectivity index (χ0n) is 8.68. The van der Waals surface area contributed by atoms with Crippen LogP contribution in [0.2, 0.25) is 0 Å². The van der Waals surface area contributed by atoms with Crippen LogP contribution in [0, 0.1) is 0 Å². The number of hydrogen-bond donors (Lipinski definition) is 4. The normalized spacial score (nSPS) is 11.1. The van der Waals surface area contributed by atoms with Gasteiger partial charge in [0, 0.05) is 13.1 Å². The van der Waals surface area contributed by atoms with Gasteiger partial charge in [-0.3, -0.25) is 0 Å². The molecule has 88 valence electrons. The van der Waals surface area contributed by atoms with E-state index in [4.69, 9.17) is 15.9 Å². The van der Waals surface area contributed by atoms with Crippen molar-refractivity contribution in [2.75, 3.05) is 36.9 Å². The number of rotatable bonds is 5. The lowest BCUT2D eigenvalue weighted by atomic mass is 10.4. The summed E-state index contributed by atoms with van der Waals surface area (Å²) in [5, 5.41) is 18.4. The fraction of sp³-hybridized carbons (Fsp3) is 0.444. The second kappa shape index (κ2) is 4.69. The van der Waals surface area contributed by atoms with E-state index in [1.807, 2.05) is 11.0 Å². The maximum Gasteiger partial charge on any atom is 0.182 e. The number of aromatic amines is 1. The maximum atomic E-state index is 8.92. The van der Waals surface area contributed by atoms with Gasteiger partial charge < -0.3 is 25.8 Å². The number of fused-ring (bicyclic) bond motifs is 1. The summed E-state index contributed by atoms with van der Waals surface area (Å²) in [4.78, 5) is 9.10. The molecule has 2 rings (SSSR count). The monoisotopic (exact) mass is 242 g/mol. The van der Waals surface area contributed by atoms with Crippen LogP contribution in [-0.2, 0) is 0 Å². The summed E-state index contributed by atoms with van der Waals surface area (Å²) in [6, 6.07) is 1.93. The maximum absolute atomic E-state index is 8.92. The largest absolute Gasteiger partial charge is 0.395 e. The molecule has 0 aliphatic carbocycles. The average Bonchev–Trinajstić information content (AvgIpc) is 2.74. The summed E-state index contributed by atoms with van der Waals surface area (Å²) < 4.78 is 0.980. The van der Waals surface area contributed by atoms with Gasteiger partial charge in [0.1, 0.15) is 5.82 Å². The van der Waals surface area contributed by atoms with Gasteiger partial charge in [-0.2, -0.15) is 0 Å². The number of nitrogens with two attached hydrogens (primary N) is 1. The Kier molecular flexibility index (Phi) is 3.28. The zero-order chi connectivity index (χ0) is 11.5. The summed E-state index contributed by atoms with van der Waals surface area (Å²) >= 11 is 1.41. The molecule has 0 amide bonds. The number of aliphatic hydroxyl groups is 2. The van der Waals surface area contributed by atoms with Gasteiger partial charge in [-0.05, 0) is 6.07 Å². The standard InChI is InChI=1S/C9H14N4O2S/c10-9-12-8-6(16-9)5-7(11-8)13(1-3-14)2-4-15/h5,11,14-15H,1-4H2,(H2,10,12). The van der Waals surface area contributed by atoms with Crippen LogP contribution in [0.5, 0.6) is 0 Å². The first-order chi connectivity index (χ1) is 7.74. The number of thiazole rings is 1. The van der Waals surface area contributed by atoms with Gasteiger partial charge in [-0.1, -0.05) is 11.3 Å². The van der Waals surface area contributed by atoms with Crippen LogP contribution < -0.4 is 10.6 Å². The Morgan fingerprint density at radius 3 is 2.62 bits per heavy atom. The summed E-state index contributed by atoms with van der Waals surface area (Å²) in [5.41, 5.74) is 6.32. The van der Waals surface area contributed by atoms with Crippen molar-refractivity contribution in [3.05, 3.63) is 6.07 Å². The second-order valence-electron chi connectivity index (χ2n) is 3.35. The molecular weight excluding hydrogens is 228 g/mol. The van der Waals surface area contributed by atoms with E-state index < -0.39 is 0 Å². The highest BCUT2D eigenvalue weighted by atomic mass is 32.1. The fourth-order valence-electron chi connectivity index (χ4n) is 1.58. The van der Waals surface area contributed by atoms with Crippen molar-refractivity contribution < 1.29 is 10.2 Å². The Morgan fingerprint density at radius 2 is 2.06 bits per heavy atom. The molecule has 0 bridgehead atoms. The van der Waals surface area contributed by atoms with Crippen LogP contribution in [0.1, 0.15) is 0 Å². The molecule has 0 saturated carbocycles.